The average Bonchev–Trinajstić information content (AvgIpc) is 2.91. The molecule has 2 aliphatic heterocycles. The molecular weight excluding hydrogens is 398 g/mol. The van der Waals surface area contributed by atoms with Gasteiger partial charge < -0.3 is 4.74 Å². The molecule has 27 heavy (non-hydrogen) atoms. The third-order valence-corrected chi connectivity index (χ3v) is 6.22. The van der Waals surface area contributed by atoms with Crippen molar-refractivity contribution in [1.82, 2.24) is 4.90 Å². The molecule has 2 heterocycles. The summed E-state index contributed by atoms with van der Waals surface area (Å²) in [5.74, 6) is 0.755. The van der Waals surface area contributed by atoms with Gasteiger partial charge >= 0.3 is 0 Å². The van der Waals surface area contributed by atoms with E-state index < -0.39 is 0 Å². The summed E-state index contributed by atoms with van der Waals surface area (Å²) in [5.41, 5.74) is 2.83. The lowest BCUT2D eigenvalue weighted by molar-refractivity contribution is -0.122. The van der Waals surface area contributed by atoms with Gasteiger partial charge in [0.2, 0.25) is 0 Å². The van der Waals surface area contributed by atoms with Crippen LogP contribution in [0, 0.1) is 0 Å². The minimum atomic E-state index is -0.132. The summed E-state index contributed by atoms with van der Waals surface area (Å²) in [4.78, 5) is 15.1. The highest BCUT2D eigenvalue weighted by atomic mass is 35.5. The van der Waals surface area contributed by atoms with Gasteiger partial charge in [0, 0.05) is 10.6 Å². The van der Waals surface area contributed by atoms with Gasteiger partial charge in [-0.1, -0.05) is 72.0 Å². The van der Waals surface area contributed by atoms with Gasteiger partial charge in [0.25, 0.3) is 5.91 Å². The maximum Gasteiger partial charge on any atom is 0.266 e. The van der Waals surface area contributed by atoms with Crippen LogP contribution in [0.15, 0.2) is 65.1 Å². The molecule has 1 atom stereocenters. The number of hydrogen-bond donors (Lipinski definition) is 0. The summed E-state index contributed by atoms with van der Waals surface area (Å²) in [6, 6.07) is 15.3. The van der Waals surface area contributed by atoms with E-state index >= 15 is 0 Å². The molecule has 0 radical (unpaired) electrons. The van der Waals surface area contributed by atoms with Crippen LogP contribution < -0.4 is 4.74 Å². The molecular formula is C21H16ClNO2S2. The van der Waals surface area contributed by atoms with E-state index in [-0.39, 0.29) is 12.0 Å². The van der Waals surface area contributed by atoms with Gasteiger partial charge in [-0.05, 0) is 42.3 Å². The van der Waals surface area contributed by atoms with Crippen LogP contribution in [0.25, 0.3) is 6.08 Å². The summed E-state index contributed by atoms with van der Waals surface area (Å²) in [6.45, 7) is 2.35. The molecule has 2 aromatic rings. The van der Waals surface area contributed by atoms with E-state index in [9.17, 15) is 4.79 Å². The second-order valence-electron chi connectivity index (χ2n) is 6.30. The Balaban J connectivity index is 1.60. The molecule has 0 spiro atoms. The number of para-hydroxylation sites is 1. The number of carbonyl (C=O) groups is 1. The number of thiocarbonyl (C=S) groups is 1. The Kier molecular flexibility index (Phi) is 5.08. The largest absolute Gasteiger partial charge is 0.485 e. The molecule has 0 saturated carbocycles. The van der Waals surface area contributed by atoms with Crippen molar-refractivity contribution < 1.29 is 9.53 Å². The molecule has 0 N–H and O–H groups in total. The normalized spacial score (nSPS) is 20.5. The lowest BCUT2D eigenvalue weighted by Crippen LogP contribution is -2.27. The third kappa shape index (κ3) is 3.68. The van der Waals surface area contributed by atoms with Crippen LogP contribution in [0.5, 0.6) is 5.75 Å². The van der Waals surface area contributed by atoms with E-state index in [0.29, 0.717) is 20.8 Å². The highest BCUT2D eigenvalue weighted by molar-refractivity contribution is 8.26. The van der Waals surface area contributed by atoms with Crippen LogP contribution >= 0.6 is 35.6 Å². The van der Waals surface area contributed by atoms with Gasteiger partial charge in [0.05, 0.1) is 11.4 Å². The van der Waals surface area contributed by atoms with Gasteiger partial charge in [0.15, 0.2) is 0 Å². The monoisotopic (exact) mass is 413 g/mol. The summed E-state index contributed by atoms with van der Waals surface area (Å²) < 4.78 is 6.50. The van der Waals surface area contributed by atoms with E-state index in [0.717, 1.165) is 22.4 Å². The SMILES string of the molecule is C[C@H]1Oc2ccccc2C=C1/C=C1\SC(=S)N(Cc2ccccc2Cl)C1=O. The van der Waals surface area contributed by atoms with Gasteiger partial charge in [-0.25, -0.2) is 0 Å². The number of ether oxygens (including phenoxy) is 1. The number of thioether (sulfide) groups is 1. The van der Waals surface area contributed by atoms with Crippen LogP contribution in [0.4, 0.5) is 0 Å². The first-order valence-corrected chi connectivity index (χ1v) is 10.1. The predicted molar refractivity (Wildman–Crippen MR) is 115 cm³/mol. The van der Waals surface area contributed by atoms with Gasteiger partial charge in [-0.15, -0.1) is 0 Å². The van der Waals surface area contributed by atoms with Gasteiger partial charge in [-0.3, -0.25) is 9.69 Å². The van der Waals surface area contributed by atoms with E-state index in [1.807, 2.05) is 61.5 Å². The van der Waals surface area contributed by atoms with Crippen LogP contribution in [-0.2, 0) is 11.3 Å². The lowest BCUT2D eigenvalue weighted by Gasteiger charge is -2.23. The number of rotatable bonds is 3. The van der Waals surface area contributed by atoms with Crippen molar-refractivity contribution in [2.75, 3.05) is 0 Å². The fourth-order valence-electron chi connectivity index (χ4n) is 3.01. The second kappa shape index (κ2) is 7.50. The minimum absolute atomic E-state index is 0.100. The van der Waals surface area contributed by atoms with Crippen LogP contribution in [0.3, 0.4) is 0 Å². The fourth-order valence-corrected chi connectivity index (χ4v) is 4.46. The van der Waals surface area contributed by atoms with E-state index in [1.54, 1.807) is 4.90 Å². The maximum absolute atomic E-state index is 12.9. The molecule has 0 aromatic heterocycles. The number of fused-ring (bicyclic) bond motifs is 1. The number of carbonyl (C=O) groups excluding carboxylic acids is 1. The summed E-state index contributed by atoms with van der Waals surface area (Å²) in [5, 5.41) is 0.629. The zero-order chi connectivity index (χ0) is 19.0. The minimum Gasteiger partial charge on any atom is -0.485 e. The Morgan fingerprint density at radius 1 is 1.22 bits per heavy atom. The van der Waals surface area contributed by atoms with Crippen LogP contribution in [-0.4, -0.2) is 21.2 Å². The Labute approximate surface area is 172 Å². The molecule has 4 rings (SSSR count). The maximum atomic E-state index is 12.9. The topological polar surface area (TPSA) is 29.5 Å². The molecule has 6 heteroatoms. The first-order valence-electron chi connectivity index (χ1n) is 8.49. The molecule has 2 aliphatic rings. The van der Waals surface area contributed by atoms with Gasteiger partial charge in [0.1, 0.15) is 16.2 Å². The second-order valence-corrected chi connectivity index (χ2v) is 8.38. The number of benzene rings is 2. The molecule has 1 amide bonds. The van der Waals surface area contributed by atoms with Crippen LogP contribution in [0.2, 0.25) is 5.02 Å². The van der Waals surface area contributed by atoms with Crippen molar-refractivity contribution in [2.45, 2.75) is 19.6 Å². The number of nitrogens with zero attached hydrogens (tertiary/aromatic N) is 1. The van der Waals surface area contributed by atoms with E-state index in [4.69, 9.17) is 28.6 Å². The smallest absolute Gasteiger partial charge is 0.266 e. The molecule has 0 bridgehead atoms. The predicted octanol–water partition coefficient (Wildman–Crippen LogP) is 5.45. The highest BCUT2D eigenvalue weighted by Gasteiger charge is 2.33. The quantitative estimate of drug-likeness (QED) is 0.494. The third-order valence-electron chi connectivity index (χ3n) is 4.47. The molecule has 0 aliphatic carbocycles. The van der Waals surface area contributed by atoms with Crippen molar-refractivity contribution in [3.8, 4) is 5.75 Å². The molecule has 136 valence electrons. The standard InChI is InChI=1S/C21H16ClNO2S2/c1-13-16(10-14-6-3-5-9-18(14)25-13)11-19-20(24)23(21(26)27-19)12-15-7-2-4-8-17(15)22/h2-11,13H,12H2,1H3/b19-11-/t13-/m1/s1. The Morgan fingerprint density at radius 3 is 2.78 bits per heavy atom. The average molecular weight is 414 g/mol. The van der Waals surface area contributed by atoms with Crippen molar-refractivity contribution in [3.63, 3.8) is 0 Å². The first-order chi connectivity index (χ1) is 13.0. The Morgan fingerprint density at radius 2 is 1.96 bits per heavy atom. The highest BCUT2D eigenvalue weighted by Crippen LogP contribution is 2.36. The molecule has 1 fully saturated rings. The Bertz CT molecular complexity index is 999. The van der Waals surface area contributed by atoms with Crippen molar-refractivity contribution >= 4 is 51.9 Å². The molecule has 3 nitrogen and oxygen atoms in total. The zero-order valence-electron chi connectivity index (χ0n) is 14.5. The summed E-state index contributed by atoms with van der Waals surface area (Å²) >= 11 is 13.0. The zero-order valence-corrected chi connectivity index (χ0v) is 16.9. The Hall–Kier alpha value is -2.08. The van der Waals surface area contributed by atoms with Crippen molar-refractivity contribution in [2.24, 2.45) is 0 Å². The van der Waals surface area contributed by atoms with Crippen molar-refractivity contribution in [1.29, 1.82) is 0 Å². The van der Waals surface area contributed by atoms with Gasteiger partial charge in [-0.2, -0.15) is 0 Å². The lowest BCUT2D eigenvalue weighted by atomic mass is 10.0. The molecule has 0 unspecified atom stereocenters. The van der Waals surface area contributed by atoms with Crippen LogP contribution in [0.1, 0.15) is 18.1 Å². The number of halogens is 1. The summed E-state index contributed by atoms with van der Waals surface area (Å²) in [6.07, 6.45) is 3.81. The first kappa shape index (κ1) is 18.3. The number of amides is 1. The number of hydrogen-bond acceptors (Lipinski definition) is 4. The van der Waals surface area contributed by atoms with E-state index in [1.165, 1.54) is 11.8 Å². The molecule has 2 aromatic carbocycles. The van der Waals surface area contributed by atoms with E-state index in [2.05, 4.69) is 6.08 Å². The fraction of sp³-hybridized carbons (Fsp3) is 0.143. The summed E-state index contributed by atoms with van der Waals surface area (Å²) in [7, 11) is 0. The molecule has 1 saturated heterocycles. The van der Waals surface area contributed by atoms with Crippen molar-refractivity contribution in [3.05, 3.63) is 81.2 Å².